The number of rotatable bonds is 6. The smallest absolute Gasteiger partial charge is 0.306 e. The van der Waals surface area contributed by atoms with Gasteiger partial charge in [0.15, 0.2) is 0 Å². The van der Waals surface area contributed by atoms with Crippen LogP contribution in [0.3, 0.4) is 0 Å². The molecule has 104 valence electrons. The number of hydrogen-bond donors (Lipinski definition) is 2. The SMILES string of the molecule is CCCC(N)CC(=O)Nc1ccc(F)c([N+](=O)[O-])c1. The zero-order valence-corrected chi connectivity index (χ0v) is 10.6. The molecule has 0 saturated heterocycles. The second-order valence-corrected chi connectivity index (χ2v) is 4.22. The molecular formula is C12H16FN3O3. The van der Waals surface area contributed by atoms with Crippen molar-refractivity contribution >= 4 is 17.3 Å². The summed E-state index contributed by atoms with van der Waals surface area (Å²) in [5, 5.41) is 13.0. The highest BCUT2D eigenvalue weighted by Gasteiger charge is 2.16. The molecule has 1 atom stereocenters. The summed E-state index contributed by atoms with van der Waals surface area (Å²) in [7, 11) is 0. The molecule has 0 heterocycles. The number of hydrogen-bond acceptors (Lipinski definition) is 4. The summed E-state index contributed by atoms with van der Waals surface area (Å²) < 4.78 is 13.1. The minimum absolute atomic E-state index is 0.124. The van der Waals surface area contributed by atoms with Crippen LogP contribution in [0.5, 0.6) is 0 Å². The number of nitrogens with two attached hydrogens (primary N) is 1. The van der Waals surface area contributed by atoms with E-state index in [4.69, 9.17) is 5.73 Å². The van der Waals surface area contributed by atoms with E-state index in [1.807, 2.05) is 6.92 Å². The van der Waals surface area contributed by atoms with Gasteiger partial charge in [0.1, 0.15) is 0 Å². The predicted molar refractivity (Wildman–Crippen MR) is 69.2 cm³/mol. The molecule has 0 fully saturated rings. The Balaban J connectivity index is 2.69. The Morgan fingerprint density at radius 1 is 1.58 bits per heavy atom. The van der Waals surface area contributed by atoms with Gasteiger partial charge in [-0.15, -0.1) is 0 Å². The van der Waals surface area contributed by atoms with Gasteiger partial charge < -0.3 is 11.1 Å². The van der Waals surface area contributed by atoms with Crippen LogP contribution < -0.4 is 11.1 Å². The van der Waals surface area contributed by atoms with Gasteiger partial charge >= 0.3 is 5.69 Å². The van der Waals surface area contributed by atoms with Crippen LogP contribution in [-0.4, -0.2) is 16.9 Å². The minimum Gasteiger partial charge on any atom is -0.327 e. The standard InChI is InChI=1S/C12H16FN3O3/c1-2-3-8(14)6-12(17)15-9-4-5-10(13)11(7-9)16(18)19/h4-5,7-8H,2-3,6,14H2,1H3,(H,15,17). The molecule has 3 N–H and O–H groups in total. The highest BCUT2D eigenvalue weighted by molar-refractivity contribution is 5.91. The first-order chi connectivity index (χ1) is 8.93. The molecule has 6 nitrogen and oxygen atoms in total. The predicted octanol–water partition coefficient (Wildman–Crippen LogP) is 2.19. The molecule has 1 aromatic carbocycles. The van der Waals surface area contributed by atoms with E-state index >= 15 is 0 Å². The van der Waals surface area contributed by atoms with Gasteiger partial charge in [-0.1, -0.05) is 13.3 Å². The van der Waals surface area contributed by atoms with Crippen molar-refractivity contribution in [1.29, 1.82) is 0 Å². The first-order valence-corrected chi connectivity index (χ1v) is 5.93. The van der Waals surface area contributed by atoms with E-state index in [1.165, 1.54) is 6.07 Å². The van der Waals surface area contributed by atoms with E-state index < -0.39 is 16.4 Å². The van der Waals surface area contributed by atoms with Crippen LogP contribution >= 0.6 is 0 Å². The van der Waals surface area contributed by atoms with Gasteiger partial charge in [0.25, 0.3) is 0 Å². The summed E-state index contributed by atoms with van der Waals surface area (Å²) in [5.41, 5.74) is 5.22. The van der Waals surface area contributed by atoms with Crippen LogP contribution in [0, 0.1) is 15.9 Å². The van der Waals surface area contributed by atoms with Crippen LogP contribution in [0.15, 0.2) is 18.2 Å². The summed E-state index contributed by atoms with van der Waals surface area (Å²) in [6.45, 7) is 1.96. The Bertz CT molecular complexity index is 479. The lowest BCUT2D eigenvalue weighted by atomic mass is 10.1. The van der Waals surface area contributed by atoms with Crippen molar-refractivity contribution in [3.8, 4) is 0 Å². The highest BCUT2D eigenvalue weighted by Crippen LogP contribution is 2.21. The molecule has 0 spiro atoms. The van der Waals surface area contributed by atoms with Crippen molar-refractivity contribution in [2.75, 3.05) is 5.32 Å². The Morgan fingerprint density at radius 3 is 2.84 bits per heavy atom. The molecule has 1 rings (SSSR count). The van der Waals surface area contributed by atoms with Gasteiger partial charge in [-0.3, -0.25) is 14.9 Å². The monoisotopic (exact) mass is 269 g/mol. The summed E-state index contributed by atoms with van der Waals surface area (Å²) in [5.74, 6) is -1.28. The van der Waals surface area contributed by atoms with Crippen molar-refractivity contribution in [3.05, 3.63) is 34.1 Å². The maximum atomic E-state index is 13.1. The molecule has 1 unspecified atom stereocenters. The average Bonchev–Trinajstić information content (AvgIpc) is 2.31. The second-order valence-electron chi connectivity index (χ2n) is 4.22. The van der Waals surface area contributed by atoms with E-state index in [2.05, 4.69) is 5.32 Å². The molecule has 0 aliphatic carbocycles. The number of amides is 1. The maximum Gasteiger partial charge on any atom is 0.306 e. The minimum atomic E-state index is -0.939. The van der Waals surface area contributed by atoms with E-state index in [1.54, 1.807) is 0 Å². The number of nitro benzene ring substituents is 1. The first kappa shape index (κ1) is 15.0. The molecule has 19 heavy (non-hydrogen) atoms. The number of anilines is 1. The van der Waals surface area contributed by atoms with Gasteiger partial charge in [-0.25, -0.2) is 0 Å². The number of halogens is 1. The van der Waals surface area contributed by atoms with Crippen LogP contribution in [0.25, 0.3) is 0 Å². The third kappa shape index (κ3) is 4.63. The van der Waals surface area contributed by atoms with Crippen molar-refractivity contribution in [2.24, 2.45) is 5.73 Å². The van der Waals surface area contributed by atoms with Crippen LogP contribution in [0.4, 0.5) is 15.8 Å². The third-order valence-electron chi connectivity index (χ3n) is 2.53. The molecule has 0 aliphatic heterocycles. The second kappa shape index (κ2) is 6.79. The summed E-state index contributed by atoms with van der Waals surface area (Å²) in [6, 6.07) is 2.95. The first-order valence-electron chi connectivity index (χ1n) is 5.93. The van der Waals surface area contributed by atoms with Crippen LogP contribution in [0.1, 0.15) is 26.2 Å². The fourth-order valence-corrected chi connectivity index (χ4v) is 1.65. The number of carbonyl (C=O) groups is 1. The maximum absolute atomic E-state index is 13.1. The van der Waals surface area contributed by atoms with E-state index in [9.17, 15) is 19.3 Å². The van der Waals surface area contributed by atoms with Crippen molar-refractivity contribution in [3.63, 3.8) is 0 Å². The fourth-order valence-electron chi connectivity index (χ4n) is 1.65. The average molecular weight is 269 g/mol. The molecule has 1 aromatic rings. The molecule has 0 saturated carbocycles. The summed E-state index contributed by atoms with van der Waals surface area (Å²) in [4.78, 5) is 21.3. The number of nitrogens with zero attached hydrogens (tertiary/aromatic N) is 1. The van der Waals surface area contributed by atoms with Gasteiger partial charge in [0, 0.05) is 24.2 Å². The summed E-state index contributed by atoms with van der Waals surface area (Å²) in [6.07, 6.45) is 1.71. The number of carbonyl (C=O) groups excluding carboxylic acids is 1. The molecule has 7 heteroatoms. The molecule has 0 radical (unpaired) electrons. The Hall–Kier alpha value is -2.02. The normalized spacial score (nSPS) is 11.9. The quantitative estimate of drug-likeness (QED) is 0.610. The van der Waals surface area contributed by atoms with Crippen LogP contribution in [-0.2, 0) is 4.79 Å². The lowest BCUT2D eigenvalue weighted by molar-refractivity contribution is -0.387. The van der Waals surface area contributed by atoms with Crippen molar-refractivity contribution in [1.82, 2.24) is 0 Å². The van der Waals surface area contributed by atoms with Crippen LogP contribution in [0.2, 0.25) is 0 Å². The fraction of sp³-hybridized carbons (Fsp3) is 0.417. The molecule has 0 aromatic heterocycles. The Kier molecular flexibility index (Phi) is 5.37. The Labute approximate surface area is 109 Å². The molecule has 0 bridgehead atoms. The largest absolute Gasteiger partial charge is 0.327 e. The molecular weight excluding hydrogens is 253 g/mol. The highest BCUT2D eigenvalue weighted by atomic mass is 19.1. The zero-order chi connectivity index (χ0) is 14.4. The van der Waals surface area contributed by atoms with Gasteiger partial charge in [0.2, 0.25) is 11.7 Å². The lowest BCUT2D eigenvalue weighted by Crippen LogP contribution is -2.26. The van der Waals surface area contributed by atoms with E-state index in [0.29, 0.717) is 0 Å². The summed E-state index contributed by atoms with van der Waals surface area (Å²) >= 11 is 0. The van der Waals surface area contributed by atoms with Gasteiger partial charge in [0.05, 0.1) is 4.92 Å². The van der Waals surface area contributed by atoms with Crippen molar-refractivity contribution in [2.45, 2.75) is 32.2 Å². The van der Waals surface area contributed by atoms with Crippen molar-refractivity contribution < 1.29 is 14.1 Å². The number of nitrogens with one attached hydrogen (secondary N) is 1. The number of nitro groups is 1. The molecule has 1 amide bonds. The zero-order valence-electron chi connectivity index (χ0n) is 10.6. The lowest BCUT2D eigenvalue weighted by Gasteiger charge is -2.10. The molecule has 0 aliphatic rings. The third-order valence-corrected chi connectivity index (χ3v) is 2.53. The number of benzene rings is 1. The topological polar surface area (TPSA) is 98.3 Å². The van der Waals surface area contributed by atoms with E-state index in [0.717, 1.165) is 25.0 Å². The van der Waals surface area contributed by atoms with Gasteiger partial charge in [-0.05, 0) is 18.6 Å². The van der Waals surface area contributed by atoms with Gasteiger partial charge in [-0.2, -0.15) is 4.39 Å². The Morgan fingerprint density at radius 2 is 2.26 bits per heavy atom. The van der Waals surface area contributed by atoms with E-state index in [-0.39, 0.29) is 24.1 Å².